The molecule has 3 fully saturated rings. The van der Waals surface area contributed by atoms with Gasteiger partial charge in [-0.1, -0.05) is 19.3 Å². The smallest absolute Gasteiger partial charge is 0.300 e. The van der Waals surface area contributed by atoms with Gasteiger partial charge in [0, 0.05) is 19.9 Å². The standard InChI is InChI=1S/C12H19NO.C2H4O2/c14-10-4-7-11(5-2-1-3-6-11)8-12(10)9-13-12;1-2(3)4/h13H,1-9H2;1H3,(H,3,4). The molecule has 2 N–H and O–H groups in total. The first-order valence-corrected chi connectivity index (χ1v) is 6.96. The van der Waals surface area contributed by atoms with E-state index in [4.69, 9.17) is 9.90 Å². The molecule has 0 aromatic heterocycles. The van der Waals surface area contributed by atoms with Crippen molar-refractivity contribution in [3.63, 3.8) is 0 Å². The Kier molecular flexibility index (Phi) is 3.76. The van der Waals surface area contributed by atoms with Crippen molar-refractivity contribution in [1.29, 1.82) is 0 Å². The molecular weight excluding hydrogens is 230 g/mol. The highest BCUT2D eigenvalue weighted by Gasteiger charge is 2.56. The molecule has 1 saturated heterocycles. The van der Waals surface area contributed by atoms with Gasteiger partial charge in [-0.2, -0.15) is 0 Å². The zero-order chi connectivity index (χ0) is 13.2. The minimum atomic E-state index is -0.833. The Balaban J connectivity index is 0.000000267. The number of aliphatic carboxylic acids is 1. The molecule has 102 valence electrons. The van der Waals surface area contributed by atoms with Gasteiger partial charge in [0.2, 0.25) is 0 Å². The van der Waals surface area contributed by atoms with Gasteiger partial charge in [-0.15, -0.1) is 0 Å². The summed E-state index contributed by atoms with van der Waals surface area (Å²) in [7, 11) is 0. The normalized spacial score (nSPS) is 32.8. The lowest BCUT2D eigenvalue weighted by molar-refractivity contribution is -0.134. The number of hydrogen-bond donors (Lipinski definition) is 2. The number of rotatable bonds is 0. The van der Waals surface area contributed by atoms with Gasteiger partial charge in [0.05, 0.1) is 5.54 Å². The van der Waals surface area contributed by atoms with E-state index < -0.39 is 5.97 Å². The fraction of sp³-hybridized carbons (Fsp3) is 0.857. The highest BCUT2D eigenvalue weighted by molar-refractivity contribution is 5.92. The predicted octanol–water partition coefficient (Wildman–Crippen LogP) is 2.12. The number of carboxylic acids is 1. The molecule has 2 aliphatic carbocycles. The number of Topliss-reactive ketones (excluding diaryl/α,β-unsaturated/α-hetero) is 1. The first-order valence-electron chi connectivity index (χ1n) is 6.96. The Bertz CT molecular complexity index is 337. The number of hydrogen-bond acceptors (Lipinski definition) is 3. The molecule has 1 atom stereocenters. The van der Waals surface area contributed by atoms with Crippen LogP contribution >= 0.6 is 0 Å². The van der Waals surface area contributed by atoms with Crippen LogP contribution in [-0.4, -0.2) is 28.9 Å². The van der Waals surface area contributed by atoms with Crippen LogP contribution < -0.4 is 5.32 Å². The van der Waals surface area contributed by atoms with E-state index in [1.165, 1.54) is 38.5 Å². The molecule has 2 saturated carbocycles. The average Bonchev–Trinajstić information content (AvgIpc) is 3.06. The molecule has 1 unspecified atom stereocenters. The summed E-state index contributed by atoms with van der Waals surface area (Å²) in [5, 5.41) is 10.7. The number of carboxylic acid groups (broad SMARTS) is 1. The van der Waals surface area contributed by atoms with Crippen molar-refractivity contribution in [3.8, 4) is 0 Å². The average molecular weight is 253 g/mol. The Labute approximate surface area is 108 Å². The van der Waals surface area contributed by atoms with Gasteiger partial charge in [0.25, 0.3) is 5.97 Å². The Morgan fingerprint density at radius 3 is 2.28 bits per heavy atom. The molecule has 0 amide bonds. The molecule has 1 aliphatic heterocycles. The van der Waals surface area contributed by atoms with E-state index in [1.54, 1.807) is 0 Å². The highest BCUT2D eigenvalue weighted by atomic mass is 16.4. The summed E-state index contributed by atoms with van der Waals surface area (Å²) in [6.45, 7) is 2.05. The van der Waals surface area contributed by atoms with Crippen LogP contribution in [-0.2, 0) is 9.59 Å². The molecule has 3 rings (SSSR count). The SMILES string of the molecule is CC(=O)O.O=C1CCC2(CCCCC2)CC12CN2. The van der Waals surface area contributed by atoms with E-state index in [0.717, 1.165) is 26.3 Å². The van der Waals surface area contributed by atoms with Gasteiger partial charge in [0.15, 0.2) is 5.78 Å². The van der Waals surface area contributed by atoms with Crippen molar-refractivity contribution < 1.29 is 14.7 Å². The van der Waals surface area contributed by atoms with Crippen molar-refractivity contribution in [1.82, 2.24) is 5.32 Å². The summed E-state index contributed by atoms with van der Waals surface area (Å²) >= 11 is 0. The molecule has 18 heavy (non-hydrogen) atoms. The van der Waals surface area contributed by atoms with E-state index in [9.17, 15) is 4.79 Å². The van der Waals surface area contributed by atoms with E-state index in [1.807, 2.05) is 0 Å². The maximum atomic E-state index is 11.7. The minimum absolute atomic E-state index is 0.0322. The van der Waals surface area contributed by atoms with Crippen molar-refractivity contribution in [2.24, 2.45) is 5.41 Å². The number of nitrogens with one attached hydrogen (secondary N) is 1. The molecule has 4 heteroatoms. The Hall–Kier alpha value is -0.900. The summed E-state index contributed by atoms with van der Waals surface area (Å²) in [5.41, 5.74) is 0.519. The van der Waals surface area contributed by atoms with Gasteiger partial charge in [-0.3, -0.25) is 9.59 Å². The summed E-state index contributed by atoms with van der Waals surface area (Å²) in [6.07, 6.45) is 10.1. The molecule has 0 radical (unpaired) electrons. The number of carbonyl (C=O) groups is 2. The van der Waals surface area contributed by atoms with E-state index in [2.05, 4.69) is 5.32 Å². The largest absolute Gasteiger partial charge is 0.481 e. The molecule has 4 nitrogen and oxygen atoms in total. The van der Waals surface area contributed by atoms with Gasteiger partial charge in [-0.05, 0) is 31.1 Å². The quantitative estimate of drug-likeness (QED) is 0.648. The fourth-order valence-electron chi connectivity index (χ4n) is 3.60. The van der Waals surface area contributed by atoms with Crippen molar-refractivity contribution in [2.75, 3.05) is 6.54 Å². The maximum Gasteiger partial charge on any atom is 0.300 e. The summed E-state index contributed by atoms with van der Waals surface area (Å²) in [4.78, 5) is 20.7. The Morgan fingerprint density at radius 2 is 1.78 bits per heavy atom. The highest BCUT2D eigenvalue weighted by Crippen LogP contribution is 2.51. The lowest BCUT2D eigenvalue weighted by Gasteiger charge is -2.42. The zero-order valence-corrected chi connectivity index (χ0v) is 11.1. The monoisotopic (exact) mass is 253 g/mol. The second-order valence-corrected chi connectivity index (χ2v) is 6.12. The molecule has 0 aromatic rings. The van der Waals surface area contributed by atoms with Gasteiger partial charge >= 0.3 is 0 Å². The van der Waals surface area contributed by atoms with Crippen LogP contribution in [0, 0.1) is 5.41 Å². The van der Waals surface area contributed by atoms with E-state index >= 15 is 0 Å². The minimum Gasteiger partial charge on any atom is -0.481 e. The fourth-order valence-corrected chi connectivity index (χ4v) is 3.60. The van der Waals surface area contributed by atoms with Crippen molar-refractivity contribution >= 4 is 11.8 Å². The first-order chi connectivity index (χ1) is 8.48. The summed E-state index contributed by atoms with van der Waals surface area (Å²) in [6, 6.07) is 0. The molecule has 3 aliphatic rings. The number of carbonyl (C=O) groups excluding carboxylic acids is 1. The van der Waals surface area contributed by atoms with Gasteiger partial charge < -0.3 is 10.4 Å². The second-order valence-electron chi connectivity index (χ2n) is 6.12. The molecule has 2 spiro atoms. The van der Waals surface area contributed by atoms with Crippen LogP contribution in [0.1, 0.15) is 58.3 Å². The van der Waals surface area contributed by atoms with Crippen LogP contribution in [0.4, 0.5) is 0 Å². The zero-order valence-electron chi connectivity index (χ0n) is 11.1. The lowest BCUT2D eigenvalue weighted by atomic mass is 9.62. The maximum absolute atomic E-state index is 11.7. The molecule has 1 heterocycles. The third-order valence-electron chi connectivity index (χ3n) is 4.61. The van der Waals surface area contributed by atoms with Crippen LogP contribution in [0.3, 0.4) is 0 Å². The van der Waals surface area contributed by atoms with Crippen LogP contribution in [0.15, 0.2) is 0 Å². The molecule has 0 bridgehead atoms. The summed E-state index contributed by atoms with van der Waals surface area (Å²) in [5.74, 6) is -0.339. The van der Waals surface area contributed by atoms with Crippen molar-refractivity contribution in [3.05, 3.63) is 0 Å². The van der Waals surface area contributed by atoms with E-state index in [-0.39, 0.29) is 5.54 Å². The van der Waals surface area contributed by atoms with Crippen LogP contribution in [0.2, 0.25) is 0 Å². The van der Waals surface area contributed by atoms with E-state index in [0.29, 0.717) is 11.2 Å². The third kappa shape index (κ3) is 2.91. The number of ketones is 1. The molecule has 0 aromatic carbocycles. The van der Waals surface area contributed by atoms with Crippen molar-refractivity contribution in [2.45, 2.75) is 63.8 Å². The van der Waals surface area contributed by atoms with Crippen LogP contribution in [0.25, 0.3) is 0 Å². The van der Waals surface area contributed by atoms with Crippen LogP contribution in [0.5, 0.6) is 0 Å². The first kappa shape index (κ1) is 13.5. The lowest BCUT2D eigenvalue weighted by Crippen LogP contribution is -2.42. The van der Waals surface area contributed by atoms with Gasteiger partial charge in [0.1, 0.15) is 0 Å². The molecular formula is C14H23NO3. The topological polar surface area (TPSA) is 76.3 Å². The Morgan fingerprint density at radius 1 is 1.22 bits per heavy atom. The predicted molar refractivity (Wildman–Crippen MR) is 68.4 cm³/mol. The van der Waals surface area contributed by atoms with Gasteiger partial charge in [-0.25, -0.2) is 0 Å². The third-order valence-corrected chi connectivity index (χ3v) is 4.61. The summed E-state index contributed by atoms with van der Waals surface area (Å²) < 4.78 is 0. The second kappa shape index (κ2) is 5.00.